The second-order valence-corrected chi connectivity index (χ2v) is 4.92. The second-order valence-electron chi connectivity index (χ2n) is 4.92. The summed E-state index contributed by atoms with van der Waals surface area (Å²) in [6, 6.07) is 4.18. The number of benzene rings is 1. The van der Waals surface area contributed by atoms with Crippen LogP contribution in [0.3, 0.4) is 0 Å². The van der Waals surface area contributed by atoms with Gasteiger partial charge in [0.2, 0.25) is 0 Å². The Kier molecular flexibility index (Phi) is 5.52. The molecule has 0 saturated carbocycles. The van der Waals surface area contributed by atoms with Crippen LogP contribution < -0.4 is 10.1 Å². The number of hydrogen-bond donors (Lipinski definition) is 2. The molecule has 0 aliphatic heterocycles. The molecule has 0 fully saturated rings. The first-order valence-corrected chi connectivity index (χ1v) is 6.76. The van der Waals surface area contributed by atoms with E-state index < -0.39 is 16.4 Å². The van der Waals surface area contributed by atoms with Crippen LogP contribution >= 0.6 is 0 Å². The Morgan fingerprint density at radius 1 is 1.43 bits per heavy atom. The number of non-ortho nitro benzene ring substituents is 1. The lowest BCUT2D eigenvalue weighted by molar-refractivity contribution is -0.384. The number of nitrogens with zero attached hydrogens (tertiary/aromatic N) is 1. The van der Waals surface area contributed by atoms with Crippen molar-refractivity contribution < 1.29 is 19.6 Å². The van der Waals surface area contributed by atoms with Crippen molar-refractivity contribution in [3.8, 4) is 5.75 Å². The van der Waals surface area contributed by atoms with Crippen LogP contribution in [0.5, 0.6) is 5.75 Å². The monoisotopic (exact) mass is 296 g/mol. The van der Waals surface area contributed by atoms with Crippen molar-refractivity contribution in [2.45, 2.75) is 39.2 Å². The van der Waals surface area contributed by atoms with Crippen molar-refractivity contribution in [1.29, 1.82) is 0 Å². The smallest absolute Gasteiger partial charge is 0.329 e. The Labute approximate surface area is 123 Å². The van der Waals surface area contributed by atoms with Crippen molar-refractivity contribution in [2.24, 2.45) is 0 Å². The number of anilines is 1. The molecule has 0 spiro atoms. The van der Waals surface area contributed by atoms with Crippen molar-refractivity contribution in [1.82, 2.24) is 0 Å². The fourth-order valence-corrected chi connectivity index (χ4v) is 2.05. The third kappa shape index (κ3) is 4.34. The molecule has 0 amide bonds. The number of aliphatic carboxylic acids is 1. The zero-order valence-electron chi connectivity index (χ0n) is 12.4. The predicted molar refractivity (Wildman–Crippen MR) is 78.8 cm³/mol. The Hall–Kier alpha value is -2.31. The lowest BCUT2D eigenvalue weighted by Crippen LogP contribution is -2.43. The molecule has 7 nitrogen and oxygen atoms in total. The van der Waals surface area contributed by atoms with Crippen LogP contribution in [0.2, 0.25) is 0 Å². The van der Waals surface area contributed by atoms with Crippen molar-refractivity contribution in [2.75, 3.05) is 11.9 Å². The minimum absolute atomic E-state index is 0.146. The van der Waals surface area contributed by atoms with E-state index in [4.69, 9.17) is 4.74 Å². The first-order valence-electron chi connectivity index (χ1n) is 6.76. The maximum atomic E-state index is 11.4. The van der Waals surface area contributed by atoms with Crippen LogP contribution in [0.15, 0.2) is 18.2 Å². The Balaban J connectivity index is 3.16. The molecule has 1 aromatic rings. The summed E-state index contributed by atoms with van der Waals surface area (Å²) in [5.41, 5.74) is -0.980. The number of carbonyl (C=O) groups is 1. The van der Waals surface area contributed by atoms with E-state index in [-0.39, 0.29) is 5.69 Å². The summed E-state index contributed by atoms with van der Waals surface area (Å²) in [5, 5.41) is 23.2. The highest BCUT2D eigenvalue weighted by Crippen LogP contribution is 2.29. The summed E-state index contributed by atoms with van der Waals surface area (Å²) in [7, 11) is 0. The molecule has 0 aromatic heterocycles. The van der Waals surface area contributed by atoms with Gasteiger partial charge in [0.1, 0.15) is 11.3 Å². The summed E-state index contributed by atoms with van der Waals surface area (Å²) >= 11 is 0. The number of carboxylic acid groups (broad SMARTS) is 1. The molecule has 0 heterocycles. The van der Waals surface area contributed by atoms with E-state index in [0.29, 0.717) is 30.9 Å². The molecule has 2 N–H and O–H groups in total. The highest BCUT2D eigenvalue weighted by Gasteiger charge is 2.32. The van der Waals surface area contributed by atoms with Gasteiger partial charge in [-0.25, -0.2) is 4.79 Å². The van der Waals surface area contributed by atoms with Gasteiger partial charge >= 0.3 is 5.97 Å². The highest BCUT2D eigenvalue weighted by molar-refractivity contribution is 5.82. The number of ether oxygens (including phenoxy) is 1. The van der Waals surface area contributed by atoms with E-state index in [9.17, 15) is 20.0 Å². The van der Waals surface area contributed by atoms with E-state index in [2.05, 4.69) is 5.32 Å². The summed E-state index contributed by atoms with van der Waals surface area (Å²) in [6.07, 6.45) is 1.07. The van der Waals surface area contributed by atoms with Gasteiger partial charge < -0.3 is 15.2 Å². The molecular weight excluding hydrogens is 276 g/mol. The molecular formula is C14H20N2O5. The quantitative estimate of drug-likeness (QED) is 0.564. The molecule has 1 unspecified atom stereocenters. The topological polar surface area (TPSA) is 102 Å². The van der Waals surface area contributed by atoms with Crippen molar-refractivity contribution in [3.63, 3.8) is 0 Å². The maximum Gasteiger partial charge on any atom is 0.329 e. The largest absolute Gasteiger partial charge is 0.494 e. The number of hydrogen-bond acceptors (Lipinski definition) is 5. The molecule has 0 aliphatic rings. The van der Waals surface area contributed by atoms with Gasteiger partial charge in [0.25, 0.3) is 5.69 Å². The highest BCUT2D eigenvalue weighted by atomic mass is 16.6. The number of rotatable bonds is 8. The van der Waals surface area contributed by atoms with Gasteiger partial charge in [-0.2, -0.15) is 0 Å². The zero-order valence-corrected chi connectivity index (χ0v) is 12.4. The molecule has 1 rings (SSSR count). The molecule has 7 heteroatoms. The van der Waals surface area contributed by atoms with Gasteiger partial charge in [-0.15, -0.1) is 0 Å². The van der Waals surface area contributed by atoms with E-state index >= 15 is 0 Å². The van der Waals surface area contributed by atoms with Crippen LogP contribution in [0.1, 0.15) is 33.6 Å². The molecule has 0 bridgehead atoms. The minimum atomic E-state index is -1.19. The van der Waals surface area contributed by atoms with E-state index in [1.165, 1.54) is 12.1 Å². The van der Waals surface area contributed by atoms with Gasteiger partial charge in [-0.3, -0.25) is 10.1 Å². The number of carboxylic acids is 1. The Morgan fingerprint density at radius 2 is 2.10 bits per heavy atom. The number of nitro groups is 1. The van der Waals surface area contributed by atoms with Crippen LogP contribution in [-0.4, -0.2) is 28.1 Å². The van der Waals surface area contributed by atoms with Crippen LogP contribution in [-0.2, 0) is 4.79 Å². The predicted octanol–water partition coefficient (Wildman–Crippen LogP) is 3.05. The first-order chi connectivity index (χ1) is 9.82. The fourth-order valence-electron chi connectivity index (χ4n) is 2.05. The summed E-state index contributed by atoms with van der Waals surface area (Å²) in [4.78, 5) is 21.8. The van der Waals surface area contributed by atoms with E-state index in [0.717, 1.165) is 0 Å². The maximum absolute atomic E-state index is 11.4. The van der Waals surface area contributed by atoms with Crippen LogP contribution in [0, 0.1) is 10.1 Å². The molecule has 21 heavy (non-hydrogen) atoms. The van der Waals surface area contributed by atoms with Gasteiger partial charge in [-0.1, -0.05) is 13.3 Å². The minimum Gasteiger partial charge on any atom is -0.494 e. The summed E-state index contributed by atoms with van der Waals surface area (Å²) < 4.78 is 5.28. The van der Waals surface area contributed by atoms with Crippen molar-refractivity contribution in [3.05, 3.63) is 28.3 Å². The second kappa shape index (κ2) is 6.92. The molecule has 1 atom stereocenters. The van der Waals surface area contributed by atoms with Gasteiger partial charge in [-0.05, 0) is 20.3 Å². The third-order valence-corrected chi connectivity index (χ3v) is 3.06. The van der Waals surface area contributed by atoms with Gasteiger partial charge in [0.05, 0.1) is 17.6 Å². The fraction of sp³-hybridized carbons (Fsp3) is 0.500. The van der Waals surface area contributed by atoms with Gasteiger partial charge in [0, 0.05) is 17.8 Å². The third-order valence-electron chi connectivity index (χ3n) is 3.06. The first kappa shape index (κ1) is 16.7. The molecule has 0 aliphatic carbocycles. The zero-order chi connectivity index (χ0) is 16.0. The summed E-state index contributed by atoms with van der Waals surface area (Å²) in [5.74, 6) is -0.674. The lowest BCUT2D eigenvalue weighted by Gasteiger charge is -2.27. The van der Waals surface area contributed by atoms with E-state index in [1.807, 2.05) is 6.92 Å². The Bertz CT molecular complexity index is 532. The lowest BCUT2D eigenvalue weighted by atomic mass is 9.96. The molecule has 1 aromatic carbocycles. The van der Waals surface area contributed by atoms with Gasteiger partial charge in [0.15, 0.2) is 0 Å². The Morgan fingerprint density at radius 3 is 2.57 bits per heavy atom. The van der Waals surface area contributed by atoms with Crippen molar-refractivity contribution >= 4 is 17.3 Å². The summed E-state index contributed by atoms with van der Waals surface area (Å²) in [6.45, 7) is 5.57. The SMILES string of the molecule is CCCC(C)(Nc1cc(OCC)cc([N+](=O)[O-])c1)C(=O)O. The average Bonchev–Trinajstić information content (AvgIpc) is 2.38. The van der Waals surface area contributed by atoms with Crippen LogP contribution in [0.4, 0.5) is 11.4 Å². The molecule has 116 valence electrons. The number of nitro benzene ring substituents is 1. The standard InChI is InChI=1S/C14H20N2O5/c1-4-6-14(3,13(17)18)15-10-7-11(16(19)20)9-12(8-10)21-5-2/h7-9,15H,4-6H2,1-3H3,(H,17,18). The molecule has 0 radical (unpaired) electrons. The van der Waals surface area contributed by atoms with Crippen LogP contribution in [0.25, 0.3) is 0 Å². The molecule has 0 saturated heterocycles. The number of nitrogens with one attached hydrogen (secondary N) is 1. The van der Waals surface area contributed by atoms with E-state index in [1.54, 1.807) is 19.9 Å². The normalized spacial score (nSPS) is 13.3. The average molecular weight is 296 g/mol.